The number of amides is 1. The van der Waals surface area contributed by atoms with E-state index in [9.17, 15) is 13.2 Å². The van der Waals surface area contributed by atoms with Gasteiger partial charge in [0.25, 0.3) is 0 Å². The molecule has 1 fully saturated rings. The van der Waals surface area contributed by atoms with Crippen molar-refractivity contribution in [3.05, 3.63) is 18.4 Å². The molecule has 1 aliphatic heterocycles. The van der Waals surface area contributed by atoms with Crippen LogP contribution in [0.15, 0.2) is 28.0 Å². The fraction of sp³-hybridized carbons (Fsp3) is 0.500. The van der Waals surface area contributed by atoms with Gasteiger partial charge in [0.2, 0.25) is 5.91 Å². The second kappa shape index (κ2) is 6.25. The van der Waals surface area contributed by atoms with Gasteiger partial charge in [-0.3, -0.25) is 4.79 Å². The minimum absolute atomic E-state index is 0.0109. The Labute approximate surface area is 143 Å². The third kappa shape index (κ3) is 3.64. The molecule has 1 aliphatic rings. The number of rotatable bonds is 5. The highest BCUT2D eigenvalue weighted by molar-refractivity contribution is 7.99. The summed E-state index contributed by atoms with van der Waals surface area (Å²) in [6.45, 7) is 1.76. The van der Waals surface area contributed by atoms with Gasteiger partial charge in [0.15, 0.2) is 26.6 Å². The Bertz CT molecular complexity index is 844. The summed E-state index contributed by atoms with van der Waals surface area (Å²) in [4.78, 5) is 12.1. The first-order valence-electron chi connectivity index (χ1n) is 7.36. The van der Waals surface area contributed by atoms with Gasteiger partial charge >= 0.3 is 0 Å². The van der Waals surface area contributed by atoms with E-state index in [1.165, 1.54) is 11.8 Å². The van der Waals surface area contributed by atoms with Gasteiger partial charge in [-0.2, -0.15) is 0 Å². The zero-order valence-electron chi connectivity index (χ0n) is 13.4. The molecule has 1 atom stereocenters. The molecule has 1 unspecified atom stereocenters. The molecule has 130 valence electrons. The normalized spacial score (nSPS) is 22.6. The van der Waals surface area contributed by atoms with Crippen molar-refractivity contribution in [2.45, 2.75) is 24.0 Å². The first-order valence-corrected chi connectivity index (χ1v) is 10.2. The lowest BCUT2D eigenvalue weighted by molar-refractivity contribution is -0.120. The maximum absolute atomic E-state index is 12.1. The van der Waals surface area contributed by atoms with Crippen molar-refractivity contribution in [1.29, 1.82) is 0 Å². The highest BCUT2D eigenvalue weighted by atomic mass is 32.2. The fourth-order valence-corrected chi connectivity index (χ4v) is 5.48. The Hall–Kier alpha value is -1.81. The molecule has 3 heterocycles. The van der Waals surface area contributed by atoms with Gasteiger partial charge in [-0.25, -0.2) is 8.42 Å². The van der Waals surface area contributed by atoms with Gasteiger partial charge in [-0.05, 0) is 25.5 Å². The quantitative estimate of drug-likeness (QED) is 0.778. The van der Waals surface area contributed by atoms with E-state index >= 15 is 0 Å². The van der Waals surface area contributed by atoms with Crippen LogP contribution in [-0.2, 0) is 21.7 Å². The van der Waals surface area contributed by atoms with Crippen molar-refractivity contribution >= 4 is 27.5 Å². The highest BCUT2D eigenvalue weighted by Gasteiger charge is 2.39. The van der Waals surface area contributed by atoms with Crippen molar-refractivity contribution in [2.75, 3.05) is 17.3 Å². The molecule has 1 N–H and O–H groups in total. The summed E-state index contributed by atoms with van der Waals surface area (Å²) in [5.74, 6) is 1.21. The van der Waals surface area contributed by atoms with Crippen LogP contribution in [0.4, 0.5) is 0 Å². The van der Waals surface area contributed by atoms with Crippen LogP contribution < -0.4 is 5.32 Å². The lowest BCUT2D eigenvalue weighted by atomic mass is 10.0. The molecule has 3 rings (SSSR count). The van der Waals surface area contributed by atoms with Gasteiger partial charge < -0.3 is 14.3 Å². The standard InChI is InChI=1S/C14H18N4O4S2/c1-14(5-7-24(20,21)9-14)15-11(19)8-23-13-17-16-12(18(13)2)10-4-3-6-22-10/h3-4,6H,5,7-9H2,1-2H3,(H,15,19). The number of furan rings is 1. The first-order chi connectivity index (χ1) is 11.3. The van der Waals surface area contributed by atoms with E-state index < -0.39 is 15.4 Å². The van der Waals surface area contributed by atoms with Crippen molar-refractivity contribution in [3.63, 3.8) is 0 Å². The number of sulfone groups is 1. The molecule has 8 nitrogen and oxygen atoms in total. The minimum Gasteiger partial charge on any atom is -0.461 e. The van der Waals surface area contributed by atoms with Crippen LogP contribution in [-0.4, -0.2) is 51.9 Å². The van der Waals surface area contributed by atoms with Crippen molar-refractivity contribution < 1.29 is 17.6 Å². The Morgan fingerprint density at radius 2 is 2.29 bits per heavy atom. The van der Waals surface area contributed by atoms with Gasteiger partial charge in [-0.1, -0.05) is 11.8 Å². The predicted octanol–water partition coefficient (Wildman–Crippen LogP) is 0.861. The molecule has 0 bridgehead atoms. The second-order valence-electron chi connectivity index (χ2n) is 6.08. The van der Waals surface area contributed by atoms with E-state index in [1.807, 2.05) is 0 Å². The van der Waals surface area contributed by atoms with Gasteiger partial charge in [0.1, 0.15) is 0 Å². The summed E-state index contributed by atoms with van der Waals surface area (Å²) in [6.07, 6.45) is 2.00. The summed E-state index contributed by atoms with van der Waals surface area (Å²) in [5, 5.41) is 11.5. The molecule has 1 saturated heterocycles. The minimum atomic E-state index is -3.05. The average Bonchev–Trinajstić information content (AvgIpc) is 3.17. The summed E-state index contributed by atoms with van der Waals surface area (Å²) >= 11 is 1.24. The Morgan fingerprint density at radius 1 is 1.50 bits per heavy atom. The van der Waals surface area contributed by atoms with Crippen LogP contribution in [0.1, 0.15) is 13.3 Å². The van der Waals surface area contributed by atoms with Gasteiger partial charge in [-0.15, -0.1) is 10.2 Å². The molecule has 0 radical (unpaired) electrons. The molecule has 10 heteroatoms. The monoisotopic (exact) mass is 370 g/mol. The van der Waals surface area contributed by atoms with E-state index in [-0.39, 0.29) is 23.2 Å². The van der Waals surface area contributed by atoms with Crippen LogP contribution in [0.25, 0.3) is 11.6 Å². The zero-order chi connectivity index (χ0) is 17.4. The maximum Gasteiger partial charge on any atom is 0.230 e. The topological polar surface area (TPSA) is 107 Å². The molecule has 24 heavy (non-hydrogen) atoms. The molecular weight excluding hydrogens is 352 g/mol. The van der Waals surface area contributed by atoms with Crippen molar-refractivity contribution in [2.24, 2.45) is 7.05 Å². The highest BCUT2D eigenvalue weighted by Crippen LogP contribution is 2.25. The largest absolute Gasteiger partial charge is 0.461 e. The predicted molar refractivity (Wildman–Crippen MR) is 89.2 cm³/mol. The smallest absolute Gasteiger partial charge is 0.230 e. The van der Waals surface area contributed by atoms with E-state index in [1.54, 1.807) is 36.9 Å². The number of hydrogen-bond donors (Lipinski definition) is 1. The molecule has 0 spiro atoms. The summed E-state index contributed by atoms with van der Waals surface area (Å²) < 4.78 is 30.2. The first kappa shape index (κ1) is 17.0. The van der Waals surface area contributed by atoms with Crippen LogP contribution in [0.3, 0.4) is 0 Å². The van der Waals surface area contributed by atoms with Gasteiger partial charge in [0, 0.05) is 7.05 Å². The lowest BCUT2D eigenvalue weighted by Gasteiger charge is -2.23. The Kier molecular flexibility index (Phi) is 4.43. The van der Waals surface area contributed by atoms with Gasteiger partial charge in [0.05, 0.1) is 29.1 Å². The van der Waals surface area contributed by atoms with E-state index in [4.69, 9.17) is 4.42 Å². The van der Waals surface area contributed by atoms with Crippen molar-refractivity contribution in [3.8, 4) is 11.6 Å². The summed E-state index contributed by atoms with van der Waals surface area (Å²) in [5.41, 5.74) is -0.685. The van der Waals surface area contributed by atoms with E-state index in [0.717, 1.165) is 0 Å². The van der Waals surface area contributed by atoms with Crippen LogP contribution >= 0.6 is 11.8 Å². The summed E-state index contributed by atoms with van der Waals surface area (Å²) in [7, 11) is -1.26. The van der Waals surface area contributed by atoms with Crippen LogP contribution in [0.5, 0.6) is 0 Å². The van der Waals surface area contributed by atoms with E-state index in [2.05, 4.69) is 15.5 Å². The number of nitrogens with zero attached hydrogens (tertiary/aromatic N) is 3. The molecule has 2 aromatic rings. The molecule has 0 aliphatic carbocycles. The number of nitrogens with one attached hydrogen (secondary N) is 1. The molecule has 1 amide bonds. The molecule has 0 aromatic carbocycles. The lowest BCUT2D eigenvalue weighted by Crippen LogP contribution is -2.47. The number of thioether (sulfide) groups is 1. The van der Waals surface area contributed by atoms with E-state index in [0.29, 0.717) is 23.2 Å². The third-order valence-corrected chi connectivity index (χ3v) is 6.78. The zero-order valence-corrected chi connectivity index (χ0v) is 15.0. The summed E-state index contributed by atoms with van der Waals surface area (Å²) in [6, 6.07) is 3.55. The fourth-order valence-electron chi connectivity index (χ4n) is 2.67. The number of hydrogen-bond acceptors (Lipinski definition) is 7. The average molecular weight is 370 g/mol. The molecule has 0 saturated carbocycles. The van der Waals surface area contributed by atoms with Crippen molar-refractivity contribution in [1.82, 2.24) is 20.1 Å². The number of carbonyl (C=O) groups excluding carboxylic acids is 1. The SMILES string of the molecule is Cn1c(SCC(=O)NC2(C)CCS(=O)(=O)C2)nnc1-c1ccco1. The Balaban J connectivity index is 1.59. The Morgan fingerprint density at radius 3 is 2.92 bits per heavy atom. The number of aromatic nitrogens is 3. The number of carbonyl (C=O) groups is 1. The molecule has 2 aromatic heterocycles. The second-order valence-corrected chi connectivity index (χ2v) is 9.21. The molecular formula is C14H18N4O4S2. The third-order valence-electron chi connectivity index (χ3n) is 3.85. The van der Waals surface area contributed by atoms with Crippen LogP contribution in [0, 0.1) is 0 Å². The van der Waals surface area contributed by atoms with Crippen LogP contribution in [0.2, 0.25) is 0 Å². The maximum atomic E-state index is 12.1.